The molecule has 0 spiro atoms. The van der Waals surface area contributed by atoms with Crippen molar-refractivity contribution in [3.63, 3.8) is 0 Å². The van der Waals surface area contributed by atoms with Gasteiger partial charge < -0.3 is 29.2 Å². The lowest BCUT2D eigenvalue weighted by atomic mass is 9.86. The minimum Gasteiger partial charge on any atom is -0.507 e. The van der Waals surface area contributed by atoms with E-state index < -0.39 is 5.60 Å². The molecule has 0 amide bonds. The van der Waals surface area contributed by atoms with Gasteiger partial charge in [0.2, 0.25) is 0 Å². The number of hydrogen-bond acceptors (Lipinski definition) is 6. The second-order valence-corrected chi connectivity index (χ2v) is 10.9. The summed E-state index contributed by atoms with van der Waals surface area (Å²) in [5.74, 6) is 2.37. The Hall–Kier alpha value is -3.54. The SMILES string of the molecule is COc1c(C/C=C(\C)CCC=C(C)C)c(O)cc2c1[C@@H]1Oc3c(cc(O)c4c3C=CC(C)(C)O4)[C@@H]1CO2. The Morgan fingerprint density at radius 3 is 2.62 bits per heavy atom. The molecular formula is C31H36O6. The fourth-order valence-electron chi connectivity index (χ4n) is 5.38. The van der Waals surface area contributed by atoms with Gasteiger partial charge in [-0.15, -0.1) is 0 Å². The van der Waals surface area contributed by atoms with E-state index in [1.54, 1.807) is 19.2 Å². The van der Waals surface area contributed by atoms with Crippen molar-refractivity contribution >= 4 is 6.08 Å². The fraction of sp³-hybridized carbons (Fsp3) is 0.419. The topological polar surface area (TPSA) is 77.4 Å². The van der Waals surface area contributed by atoms with Gasteiger partial charge in [0, 0.05) is 17.2 Å². The maximum absolute atomic E-state index is 10.9. The zero-order chi connectivity index (χ0) is 26.5. The number of phenols is 2. The van der Waals surface area contributed by atoms with E-state index in [9.17, 15) is 10.2 Å². The van der Waals surface area contributed by atoms with Crippen LogP contribution in [0.25, 0.3) is 6.08 Å². The number of ether oxygens (including phenoxy) is 4. The molecular weight excluding hydrogens is 468 g/mol. The van der Waals surface area contributed by atoms with Crippen molar-refractivity contribution in [2.45, 2.75) is 71.5 Å². The van der Waals surface area contributed by atoms with E-state index in [1.807, 2.05) is 26.0 Å². The summed E-state index contributed by atoms with van der Waals surface area (Å²) in [5.41, 5.74) is 5.16. The summed E-state index contributed by atoms with van der Waals surface area (Å²) in [6, 6.07) is 3.40. The molecule has 0 radical (unpaired) electrons. The van der Waals surface area contributed by atoms with Crippen LogP contribution in [-0.2, 0) is 6.42 Å². The lowest BCUT2D eigenvalue weighted by molar-refractivity contribution is 0.132. The van der Waals surface area contributed by atoms with Crippen LogP contribution in [0.1, 0.15) is 81.7 Å². The van der Waals surface area contributed by atoms with E-state index in [0.717, 1.165) is 29.5 Å². The molecule has 0 saturated carbocycles. The highest BCUT2D eigenvalue weighted by atomic mass is 16.5. The molecule has 37 heavy (non-hydrogen) atoms. The van der Waals surface area contributed by atoms with Crippen LogP contribution in [-0.4, -0.2) is 29.5 Å². The van der Waals surface area contributed by atoms with Crippen molar-refractivity contribution in [2.75, 3.05) is 13.7 Å². The summed E-state index contributed by atoms with van der Waals surface area (Å²) in [5, 5.41) is 21.7. The molecule has 0 aliphatic carbocycles. The lowest BCUT2D eigenvalue weighted by Gasteiger charge is -2.30. The Morgan fingerprint density at radius 1 is 1.11 bits per heavy atom. The molecule has 3 heterocycles. The molecule has 2 N–H and O–H groups in total. The molecule has 5 rings (SSSR count). The fourth-order valence-corrected chi connectivity index (χ4v) is 5.38. The van der Waals surface area contributed by atoms with E-state index in [4.69, 9.17) is 18.9 Å². The molecule has 0 unspecified atom stereocenters. The lowest BCUT2D eigenvalue weighted by Crippen LogP contribution is -2.27. The smallest absolute Gasteiger partial charge is 0.173 e. The second kappa shape index (κ2) is 9.40. The van der Waals surface area contributed by atoms with Crippen LogP contribution >= 0.6 is 0 Å². The number of hydrogen-bond donors (Lipinski definition) is 2. The number of benzene rings is 2. The Kier molecular flexibility index (Phi) is 6.38. The average Bonchev–Trinajstić information content (AvgIpc) is 3.20. The van der Waals surface area contributed by atoms with Gasteiger partial charge in [-0.3, -0.25) is 0 Å². The number of fused-ring (bicyclic) bond motifs is 7. The Morgan fingerprint density at radius 2 is 1.89 bits per heavy atom. The number of rotatable bonds is 6. The maximum atomic E-state index is 10.9. The van der Waals surface area contributed by atoms with Gasteiger partial charge in [-0.05, 0) is 72.1 Å². The third-order valence-corrected chi connectivity index (χ3v) is 7.32. The van der Waals surface area contributed by atoms with E-state index in [-0.39, 0.29) is 23.5 Å². The standard InChI is InChI=1S/C31H36O6/c1-17(2)8-7-9-18(3)10-11-19-23(32)15-25-26(29(19)34-6)30-22(16-35-25)21-14-24(33)28-20(27(21)36-30)12-13-31(4,5)37-28/h8,10,12-15,22,30,32-33H,7,9,11,16H2,1-6H3/b18-10+/t22-,30+/m0/s1. The van der Waals surface area contributed by atoms with Gasteiger partial charge in [0.1, 0.15) is 34.7 Å². The summed E-state index contributed by atoms with van der Waals surface area (Å²) >= 11 is 0. The first-order valence-electron chi connectivity index (χ1n) is 12.9. The summed E-state index contributed by atoms with van der Waals surface area (Å²) in [6.07, 6.45) is 10.4. The molecule has 3 aliphatic heterocycles. The van der Waals surface area contributed by atoms with Crippen LogP contribution in [0.2, 0.25) is 0 Å². The van der Waals surface area contributed by atoms with Crippen LogP contribution in [0.5, 0.6) is 34.5 Å². The molecule has 6 heteroatoms. The highest BCUT2D eigenvalue weighted by Gasteiger charge is 2.46. The molecule has 2 aromatic carbocycles. The third-order valence-electron chi connectivity index (χ3n) is 7.32. The van der Waals surface area contributed by atoms with Crippen LogP contribution < -0.4 is 18.9 Å². The maximum Gasteiger partial charge on any atom is 0.173 e. The molecule has 0 aromatic heterocycles. The van der Waals surface area contributed by atoms with Crippen molar-refractivity contribution in [3.05, 3.63) is 63.8 Å². The summed E-state index contributed by atoms with van der Waals surface area (Å²) in [7, 11) is 1.61. The van der Waals surface area contributed by atoms with Gasteiger partial charge in [0.25, 0.3) is 0 Å². The Balaban J connectivity index is 1.51. The van der Waals surface area contributed by atoms with Crippen molar-refractivity contribution in [3.8, 4) is 34.5 Å². The highest BCUT2D eigenvalue weighted by Crippen LogP contribution is 2.59. The number of phenolic OH excluding ortho intramolecular Hbond substituents is 2. The minimum atomic E-state index is -0.521. The van der Waals surface area contributed by atoms with E-state index in [1.165, 1.54) is 11.1 Å². The molecule has 0 fully saturated rings. The summed E-state index contributed by atoms with van der Waals surface area (Å²) in [4.78, 5) is 0. The Labute approximate surface area is 218 Å². The van der Waals surface area contributed by atoms with Crippen LogP contribution in [0.3, 0.4) is 0 Å². The van der Waals surface area contributed by atoms with Crippen molar-refractivity contribution in [2.24, 2.45) is 0 Å². The zero-order valence-electron chi connectivity index (χ0n) is 22.5. The highest BCUT2D eigenvalue weighted by molar-refractivity contribution is 5.75. The quantitative estimate of drug-likeness (QED) is 0.407. The van der Waals surface area contributed by atoms with Crippen LogP contribution in [0, 0.1) is 0 Å². The summed E-state index contributed by atoms with van der Waals surface area (Å²) in [6.45, 7) is 10.6. The van der Waals surface area contributed by atoms with Crippen molar-refractivity contribution in [1.82, 2.24) is 0 Å². The largest absolute Gasteiger partial charge is 0.507 e. The van der Waals surface area contributed by atoms with Gasteiger partial charge in [0.05, 0.1) is 30.8 Å². The van der Waals surface area contributed by atoms with E-state index in [2.05, 4.69) is 32.9 Å². The van der Waals surface area contributed by atoms with Gasteiger partial charge >= 0.3 is 0 Å². The molecule has 196 valence electrons. The van der Waals surface area contributed by atoms with Crippen molar-refractivity contribution < 1.29 is 29.2 Å². The normalized spacial score (nSPS) is 20.4. The molecule has 2 atom stereocenters. The van der Waals surface area contributed by atoms with E-state index >= 15 is 0 Å². The van der Waals surface area contributed by atoms with Gasteiger partial charge in [-0.1, -0.05) is 23.3 Å². The van der Waals surface area contributed by atoms with Crippen LogP contribution in [0.15, 0.2) is 41.5 Å². The van der Waals surface area contributed by atoms with Crippen molar-refractivity contribution in [1.29, 1.82) is 0 Å². The monoisotopic (exact) mass is 504 g/mol. The molecule has 6 nitrogen and oxygen atoms in total. The number of allylic oxidation sites excluding steroid dienone is 4. The minimum absolute atomic E-state index is 0.0910. The zero-order valence-corrected chi connectivity index (χ0v) is 22.5. The predicted octanol–water partition coefficient (Wildman–Crippen LogP) is 7.14. The van der Waals surface area contributed by atoms with Gasteiger partial charge in [-0.2, -0.15) is 0 Å². The average molecular weight is 505 g/mol. The first-order valence-corrected chi connectivity index (χ1v) is 12.9. The first kappa shape index (κ1) is 25.1. The molecule has 0 bridgehead atoms. The van der Waals surface area contributed by atoms with Crippen LogP contribution in [0.4, 0.5) is 0 Å². The van der Waals surface area contributed by atoms with Gasteiger partial charge in [-0.25, -0.2) is 0 Å². The molecule has 2 aromatic rings. The third kappa shape index (κ3) is 4.54. The Bertz CT molecular complexity index is 1330. The number of methoxy groups -OCH3 is 1. The summed E-state index contributed by atoms with van der Waals surface area (Å²) < 4.78 is 24.7. The van der Waals surface area contributed by atoms with Gasteiger partial charge in [0.15, 0.2) is 11.5 Å². The second-order valence-electron chi connectivity index (χ2n) is 10.9. The first-order chi connectivity index (χ1) is 17.6. The number of aromatic hydroxyl groups is 2. The molecule has 3 aliphatic rings. The molecule has 0 saturated heterocycles. The van der Waals surface area contributed by atoms with E-state index in [0.29, 0.717) is 41.6 Å². The predicted molar refractivity (Wildman–Crippen MR) is 144 cm³/mol.